The van der Waals surface area contributed by atoms with E-state index in [-0.39, 0.29) is 0 Å². The largest absolute Gasteiger partial charge is 0.370 e. The van der Waals surface area contributed by atoms with Crippen LogP contribution in [0.15, 0.2) is 24.5 Å². The summed E-state index contributed by atoms with van der Waals surface area (Å²) < 4.78 is 1.90. The highest BCUT2D eigenvalue weighted by Crippen LogP contribution is 2.07. The molecule has 0 bridgehead atoms. The second-order valence-electron chi connectivity index (χ2n) is 3.59. The van der Waals surface area contributed by atoms with Gasteiger partial charge in [0, 0.05) is 20.0 Å². The van der Waals surface area contributed by atoms with Gasteiger partial charge in [0.05, 0.1) is 0 Å². The van der Waals surface area contributed by atoms with Crippen molar-refractivity contribution < 1.29 is 0 Å². The smallest absolute Gasteiger partial charge is 0.142 e. The molecule has 2 rings (SSSR count). The summed E-state index contributed by atoms with van der Waals surface area (Å²) in [6.07, 6.45) is 2.48. The average molecular weight is 233 g/mol. The molecule has 0 fully saturated rings. The van der Waals surface area contributed by atoms with Crippen LogP contribution in [0.3, 0.4) is 0 Å². The summed E-state index contributed by atoms with van der Waals surface area (Å²) in [5.74, 6) is 7.63. The van der Waals surface area contributed by atoms with E-state index in [1.54, 1.807) is 12.4 Å². The van der Waals surface area contributed by atoms with Crippen LogP contribution >= 0.6 is 0 Å². The molecule has 2 heterocycles. The Hall–Kier alpha value is -2.15. The lowest BCUT2D eigenvalue weighted by atomic mass is 10.4. The Morgan fingerprint density at radius 3 is 2.88 bits per heavy atom. The van der Waals surface area contributed by atoms with E-state index < -0.39 is 0 Å². The molecule has 0 aliphatic carbocycles. The van der Waals surface area contributed by atoms with Gasteiger partial charge in [-0.3, -0.25) is 0 Å². The van der Waals surface area contributed by atoms with E-state index in [1.165, 1.54) is 0 Å². The van der Waals surface area contributed by atoms with E-state index in [9.17, 15) is 0 Å². The van der Waals surface area contributed by atoms with E-state index in [0.717, 1.165) is 24.6 Å². The lowest BCUT2D eigenvalue weighted by molar-refractivity contribution is 0.787. The van der Waals surface area contributed by atoms with Crippen LogP contribution < -0.4 is 16.6 Å². The fourth-order valence-corrected chi connectivity index (χ4v) is 1.45. The molecule has 0 unspecified atom stereocenters. The third kappa shape index (κ3) is 2.91. The first kappa shape index (κ1) is 11.3. The number of hydrazine groups is 1. The minimum Gasteiger partial charge on any atom is -0.370 e. The van der Waals surface area contributed by atoms with E-state index in [4.69, 9.17) is 5.84 Å². The first-order chi connectivity index (χ1) is 8.29. The standard InChI is InChI=1S/C10H15N7/c1-17-7-13-16-10(17)5-6-12-8-3-2-4-9(14-8)15-11/h2-4,7H,5-6,11H2,1H3,(H2,12,14,15). The van der Waals surface area contributed by atoms with Crippen LogP contribution in [0.4, 0.5) is 11.6 Å². The summed E-state index contributed by atoms with van der Waals surface area (Å²) in [5, 5.41) is 11.0. The molecule has 7 heteroatoms. The fourth-order valence-electron chi connectivity index (χ4n) is 1.45. The van der Waals surface area contributed by atoms with Crippen molar-refractivity contribution in [1.29, 1.82) is 0 Å². The molecule has 2 aromatic heterocycles. The highest BCUT2D eigenvalue weighted by molar-refractivity contribution is 5.44. The van der Waals surface area contributed by atoms with Crippen molar-refractivity contribution in [2.45, 2.75) is 6.42 Å². The van der Waals surface area contributed by atoms with Crippen molar-refractivity contribution in [3.05, 3.63) is 30.4 Å². The second-order valence-corrected chi connectivity index (χ2v) is 3.59. The number of nitrogen functional groups attached to an aromatic ring is 1. The van der Waals surface area contributed by atoms with Crippen molar-refractivity contribution in [3.63, 3.8) is 0 Å². The molecule has 4 N–H and O–H groups in total. The zero-order valence-electron chi connectivity index (χ0n) is 9.59. The number of aryl methyl sites for hydroxylation is 1. The first-order valence-corrected chi connectivity index (χ1v) is 5.30. The Morgan fingerprint density at radius 1 is 1.35 bits per heavy atom. The van der Waals surface area contributed by atoms with Gasteiger partial charge in [-0.2, -0.15) is 0 Å². The van der Waals surface area contributed by atoms with Gasteiger partial charge in [-0.05, 0) is 12.1 Å². The van der Waals surface area contributed by atoms with Crippen LogP contribution in [-0.4, -0.2) is 26.3 Å². The van der Waals surface area contributed by atoms with Gasteiger partial charge in [0.2, 0.25) is 0 Å². The Bertz CT molecular complexity index is 479. The molecule has 2 aromatic rings. The van der Waals surface area contributed by atoms with E-state index in [0.29, 0.717) is 5.82 Å². The summed E-state index contributed by atoms with van der Waals surface area (Å²) in [5.41, 5.74) is 2.50. The summed E-state index contributed by atoms with van der Waals surface area (Å²) in [6.45, 7) is 0.744. The molecular formula is C10H15N7. The van der Waals surface area contributed by atoms with Gasteiger partial charge < -0.3 is 15.3 Å². The molecule has 90 valence electrons. The molecule has 0 amide bonds. The van der Waals surface area contributed by atoms with Gasteiger partial charge in [-0.25, -0.2) is 10.8 Å². The number of aromatic nitrogens is 4. The number of nitrogens with one attached hydrogen (secondary N) is 2. The number of nitrogens with zero attached hydrogens (tertiary/aromatic N) is 4. The molecule has 17 heavy (non-hydrogen) atoms. The lowest BCUT2D eigenvalue weighted by Crippen LogP contribution is -2.12. The van der Waals surface area contributed by atoms with Gasteiger partial charge in [-0.1, -0.05) is 6.07 Å². The number of hydrogen-bond donors (Lipinski definition) is 3. The SMILES string of the molecule is Cn1cnnc1CCNc1cccc(NN)n1. The van der Waals surface area contributed by atoms with Crippen molar-refractivity contribution in [3.8, 4) is 0 Å². The molecule has 7 nitrogen and oxygen atoms in total. The average Bonchev–Trinajstić information content (AvgIpc) is 2.76. The van der Waals surface area contributed by atoms with Gasteiger partial charge >= 0.3 is 0 Å². The van der Waals surface area contributed by atoms with Crippen LogP contribution in [0.5, 0.6) is 0 Å². The number of hydrogen-bond acceptors (Lipinski definition) is 6. The van der Waals surface area contributed by atoms with Gasteiger partial charge in [0.15, 0.2) is 0 Å². The van der Waals surface area contributed by atoms with Crippen LogP contribution in [0.2, 0.25) is 0 Å². The van der Waals surface area contributed by atoms with Crippen molar-refractivity contribution in [2.75, 3.05) is 17.3 Å². The Labute approximate surface area is 99.0 Å². The molecule has 0 saturated heterocycles. The second kappa shape index (κ2) is 5.26. The third-order valence-corrected chi connectivity index (χ3v) is 2.36. The summed E-state index contributed by atoms with van der Waals surface area (Å²) in [4.78, 5) is 4.24. The number of anilines is 2. The van der Waals surface area contributed by atoms with Gasteiger partial charge in [0.1, 0.15) is 23.8 Å². The molecule has 0 saturated carbocycles. The predicted molar refractivity (Wildman–Crippen MR) is 65.2 cm³/mol. The Kier molecular flexibility index (Phi) is 3.51. The van der Waals surface area contributed by atoms with Gasteiger partial charge in [-0.15, -0.1) is 10.2 Å². The quantitative estimate of drug-likeness (QED) is 0.503. The summed E-state index contributed by atoms with van der Waals surface area (Å²) in [7, 11) is 1.92. The maximum Gasteiger partial charge on any atom is 0.142 e. The van der Waals surface area contributed by atoms with E-state index in [2.05, 4.69) is 25.9 Å². The zero-order chi connectivity index (χ0) is 12.1. The normalized spacial score (nSPS) is 10.2. The minimum absolute atomic E-state index is 0.633. The van der Waals surface area contributed by atoms with Crippen LogP contribution in [0, 0.1) is 0 Å². The lowest BCUT2D eigenvalue weighted by Gasteiger charge is -2.06. The highest BCUT2D eigenvalue weighted by Gasteiger charge is 2.00. The zero-order valence-corrected chi connectivity index (χ0v) is 9.59. The molecule has 0 aromatic carbocycles. The molecule has 0 aliphatic heterocycles. The van der Waals surface area contributed by atoms with E-state index >= 15 is 0 Å². The topological polar surface area (TPSA) is 93.7 Å². The number of nitrogens with two attached hydrogens (primary N) is 1. The van der Waals surface area contributed by atoms with Crippen LogP contribution in [0.25, 0.3) is 0 Å². The van der Waals surface area contributed by atoms with Crippen molar-refractivity contribution in [2.24, 2.45) is 12.9 Å². The minimum atomic E-state index is 0.633. The van der Waals surface area contributed by atoms with E-state index in [1.807, 2.05) is 23.7 Å². The number of rotatable bonds is 5. The molecule has 0 atom stereocenters. The molecule has 0 spiro atoms. The highest BCUT2D eigenvalue weighted by atomic mass is 15.3. The monoisotopic (exact) mass is 233 g/mol. The predicted octanol–water partition coefficient (Wildman–Crippen LogP) is 0.150. The maximum absolute atomic E-state index is 5.28. The summed E-state index contributed by atoms with van der Waals surface area (Å²) in [6, 6.07) is 5.57. The van der Waals surface area contributed by atoms with Crippen molar-refractivity contribution >= 4 is 11.6 Å². The fraction of sp³-hybridized carbons (Fsp3) is 0.300. The van der Waals surface area contributed by atoms with Crippen molar-refractivity contribution in [1.82, 2.24) is 19.7 Å². The summed E-state index contributed by atoms with van der Waals surface area (Å²) >= 11 is 0. The molecule has 0 radical (unpaired) electrons. The Balaban J connectivity index is 1.87. The third-order valence-electron chi connectivity index (χ3n) is 2.36. The van der Waals surface area contributed by atoms with Crippen LogP contribution in [-0.2, 0) is 13.5 Å². The molecule has 0 aliphatic rings. The Morgan fingerprint density at radius 2 is 2.18 bits per heavy atom. The number of pyridine rings is 1. The van der Waals surface area contributed by atoms with Gasteiger partial charge in [0.25, 0.3) is 0 Å². The van der Waals surface area contributed by atoms with Crippen LogP contribution in [0.1, 0.15) is 5.82 Å². The maximum atomic E-state index is 5.28. The molecular weight excluding hydrogens is 218 g/mol. The first-order valence-electron chi connectivity index (χ1n) is 5.30.